The molecule has 142 valence electrons. The third kappa shape index (κ3) is 2.60. The number of hydrogen-bond acceptors (Lipinski definition) is 6. The predicted molar refractivity (Wildman–Crippen MR) is 113 cm³/mol. The van der Waals surface area contributed by atoms with Crippen molar-refractivity contribution in [2.24, 2.45) is 0 Å². The smallest absolute Gasteiger partial charge is 0.332 e. The molecule has 0 spiro atoms. The van der Waals surface area contributed by atoms with Gasteiger partial charge in [-0.25, -0.2) is 19.7 Å². The number of hydrogen-bond donors (Lipinski definition) is 1. The van der Waals surface area contributed by atoms with Gasteiger partial charge in [0.2, 0.25) is 0 Å². The summed E-state index contributed by atoms with van der Waals surface area (Å²) in [5.74, 6) is 0. The first-order valence-electron chi connectivity index (χ1n) is 9.44. The Bertz CT molecular complexity index is 1230. The summed E-state index contributed by atoms with van der Waals surface area (Å²) in [4.78, 5) is 26.8. The second-order valence-corrected chi connectivity index (χ2v) is 9.39. The Morgan fingerprint density at radius 2 is 1.86 bits per heavy atom. The molecule has 2 saturated carbocycles. The Kier molecular flexibility index (Phi) is 3.64. The lowest BCUT2D eigenvalue weighted by molar-refractivity contribution is 0.280. The van der Waals surface area contributed by atoms with E-state index in [1.807, 2.05) is 27.3 Å². The highest BCUT2D eigenvalue weighted by molar-refractivity contribution is 9.10. The van der Waals surface area contributed by atoms with Crippen LogP contribution >= 0.6 is 27.3 Å². The summed E-state index contributed by atoms with van der Waals surface area (Å²) in [5.41, 5.74) is 2.45. The summed E-state index contributed by atoms with van der Waals surface area (Å²) in [5, 5.41) is 4.47. The van der Waals surface area contributed by atoms with Crippen LogP contribution in [0.3, 0.4) is 0 Å². The third-order valence-electron chi connectivity index (χ3n) is 5.59. The molecule has 1 aromatic carbocycles. The molecule has 0 bridgehead atoms. The molecule has 4 aromatic rings. The van der Waals surface area contributed by atoms with Crippen LogP contribution in [0, 0.1) is 0 Å². The van der Waals surface area contributed by atoms with Crippen molar-refractivity contribution in [2.45, 2.75) is 43.8 Å². The van der Waals surface area contributed by atoms with Gasteiger partial charge in [-0.2, -0.15) is 0 Å². The molecule has 1 N–H and O–H groups in total. The number of thiazole rings is 1. The van der Waals surface area contributed by atoms with Crippen LogP contribution < -0.4 is 11.0 Å². The zero-order valence-corrected chi connectivity index (χ0v) is 17.3. The van der Waals surface area contributed by atoms with Gasteiger partial charge in [-0.15, -0.1) is 0 Å². The number of benzene rings is 1. The summed E-state index contributed by atoms with van der Waals surface area (Å²) in [6.07, 6.45) is 5.53. The number of fused-ring (bicyclic) bond motifs is 2. The van der Waals surface area contributed by atoms with Crippen molar-refractivity contribution in [3.05, 3.63) is 45.5 Å². The van der Waals surface area contributed by atoms with E-state index >= 15 is 0 Å². The topological polar surface area (TPSA) is 77.6 Å². The highest BCUT2D eigenvalue weighted by Gasteiger charge is 2.37. The molecular formula is C19H17BrN6OS. The number of para-hydroxylation sites is 1. The number of rotatable bonds is 4. The molecule has 0 radical (unpaired) electrons. The molecule has 9 heteroatoms. The van der Waals surface area contributed by atoms with Gasteiger partial charge in [-0.05, 0) is 53.7 Å². The first-order valence-corrected chi connectivity index (χ1v) is 11.1. The highest BCUT2D eigenvalue weighted by atomic mass is 79.9. The zero-order valence-electron chi connectivity index (χ0n) is 14.9. The van der Waals surface area contributed by atoms with Gasteiger partial charge < -0.3 is 5.32 Å². The average Bonchev–Trinajstić information content (AvgIpc) is 3.33. The van der Waals surface area contributed by atoms with Crippen LogP contribution in [0.1, 0.15) is 37.8 Å². The first kappa shape index (κ1) is 16.7. The van der Waals surface area contributed by atoms with Crippen molar-refractivity contribution in [3.8, 4) is 0 Å². The molecule has 3 heterocycles. The summed E-state index contributed by atoms with van der Waals surface area (Å²) in [7, 11) is 0. The lowest BCUT2D eigenvalue weighted by Gasteiger charge is -2.36. The summed E-state index contributed by atoms with van der Waals surface area (Å²) < 4.78 is 5.53. The van der Waals surface area contributed by atoms with E-state index in [-0.39, 0.29) is 17.8 Å². The van der Waals surface area contributed by atoms with Gasteiger partial charge in [0.05, 0.1) is 16.4 Å². The molecule has 2 aliphatic rings. The maximum atomic E-state index is 13.1. The molecular weight excluding hydrogens is 440 g/mol. The van der Waals surface area contributed by atoms with Crippen LogP contribution in [0.2, 0.25) is 0 Å². The Morgan fingerprint density at radius 1 is 1.07 bits per heavy atom. The van der Waals surface area contributed by atoms with Crippen molar-refractivity contribution in [1.29, 1.82) is 0 Å². The maximum Gasteiger partial charge on any atom is 0.332 e. The largest absolute Gasteiger partial charge is 0.359 e. The second kappa shape index (κ2) is 6.12. The minimum Gasteiger partial charge on any atom is -0.359 e. The quantitative estimate of drug-likeness (QED) is 0.499. The fraction of sp³-hybridized carbons (Fsp3) is 0.368. The monoisotopic (exact) mass is 456 g/mol. The Balaban J connectivity index is 1.27. The van der Waals surface area contributed by atoms with Crippen LogP contribution in [-0.4, -0.2) is 30.1 Å². The molecule has 0 aliphatic heterocycles. The summed E-state index contributed by atoms with van der Waals surface area (Å²) in [6.45, 7) is 0. The molecule has 0 atom stereocenters. The molecule has 3 aromatic heterocycles. The Labute approximate surface area is 172 Å². The van der Waals surface area contributed by atoms with E-state index in [2.05, 4.69) is 42.3 Å². The molecule has 2 aliphatic carbocycles. The minimum atomic E-state index is 0.0269. The summed E-state index contributed by atoms with van der Waals surface area (Å²) >= 11 is 5.06. The molecule has 0 unspecified atom stereocenters. The maximum absolute atomic E-state index is 13.1. The second-order valence-electron chi connectivity index (χ2n) is 7.55. The number of halogens is 1. The van der Waals surface area contributed by atoms with Crippen molar-refractivity contribution < 1.29 is 0 Å². The van der Waals surface area contributed by atoms with E-state index in [0.717, 1.165) is 36.3 Å². The Morgan fingerprint density at radius 3 is 2.64 bits per heavy atom. The van der Waals surface area contributed by atoms with Gasteiger partial charge in [0.25, 0.3) is 0 Å². The summed E-state index contributed by atoms with van der Waals surface area (Å²) in [6, 6.07) is 8.90. The number of anilines is 1. The number of aromatic nitrogens is 5. The lowest BCUT2D eigenvalue weighted by Crippen LogP contribution is -2.41. The highest BCUT2D eigenvalue weighted by Crippen LogP contribution is 2.39. The number of nitrogens with zero attached hydrogens (tertiary/aromatic N) is 5. The van der Waals surface area contributed by atoms with Crippen LogP contribution in [0.5, 0.6) is 0 Å². The van der Waals surface area contributed by atoms with Crippen LogP contribution in [-0.2, 0) is 0 Å². The predicted octanol–water partition coefficient (Wildman–Crippen LogP) is 4.12. The van der Waals surface area contributed by atoms with Gasteiger partial charge in [-0.3, -0.25) is 9.13 Å². The molecule has 6 rings (SSSR count). The van der Waals surface area contributed by atoms with E-state index in [0.29, 0.717) is 21.9 Å². The van der Waals surface area contributed by atoms with Crippen molar-refractivity contribution in [3.63, 3.8) is 0 Å². The van der Waals surface area contributed by atoms with Gasteiger partial charge >= 0.3 is 5.69 Å². The van der Waals surface area contributed by atoms with Gasteiger partial charge in [0, 0.05) is 18.1 Å². The van der Waals surface area contributed by atoms with Crippen LogP contribution in [0.25, 0.3) is 21.5 Å². The standard InChI is InChI=1S/C19H17BrN6OS/c20-15-9-21-16-17(24-15)25(11-5-6-11)19(27)26(16)12-7-10(8-12)22-18-23-13-3-1-2-4-14(13)28-18/h1-4,9-12H,5-8H2,(H,22,23). The average molecular weight is 457 g/mol. The van der Waals surface area contributed by atoms with Crippen molar-refractivity contribution >= 4 is 53.9 Å². The first-order chi connectivity index (χ1) is 13.7. The van der Waals surface area contributed by atoms with Gasteiger partial charge in [0.1, 0.15) is 4.60 Å². The number of nitrogens with one attached hydrogen (secondary N) is 1. The normalized spacial score (nSPS) is 21.9. The fourth-order valence-corrected chi connectivity index (χ4v) is 5.21. The lowest BCUT2D eigenvalue weighted by atomic mass is 9.86. The minimum absolute atomic E-state index is 0.0269. The van der Waals surface area contributed by atoms with E-state index in [9.17, 15) is 4.79 Å². The van der Waals surface area contributed by atoms with Crippen molar-refractivity contribution in [1.82, 2.24) is 24.1 Å². The fourth-order valence-electron chi connectivity index (χ4n) is 4.00. The van der Waals surface area contributed by atoms with Gasteiger partial charge in [-0.1, -0.05) is 23.5 Å². The molecule has 28 heavy (non-hydrogen) atoms. The molecule has 2 fully saturated rings. The Hall–Kier alpha value is -2.26. The van der Waals surface area contributed by atoms with Crippen LogP contribution in [0.15, 0.2) is 39.9 Å². The van der Waals surface area contributed by atoms with E-state index in [4.69, 9.17) is 0 Å². The SMILES string of the molecule is O=c1n(C2CC(Nc3nc4ccccc4s3)C2)c2ncc(Br)nc2n1C1CC1. The molecule has 0 saturated heterocycles. The van der Waals surface area contributed by atoms with Crippen molar-refractivity contribution in [2.75, 3.05) is 5.32 Å². The van der Waals surface area contributed by atoms with E-state index < -0.39 is 0 Å². The molecule has 7 nitrogen and oxygen atoms in total. The van der Waals surface area contributed by atoms with Gasteiger partial charge in [0.15, 0.2) is 16.4 Å². The number of imidazole rings is 1. The zero-order chi connectivity index (χ0) is 18.8. The molecule has 0 amide bonds. The van der Waals surface area contributed by atoms with E-state index in [1.54, 1.807) is 17.5 Å². The van der Waals surface area contributed by atoms with E-state index in [1.165, 1.54) is 4.70 Å². The third-order valence-corrected chi connectivity index (χ3v) is 6.94. The van der Waals surface area contributed by atoms with Crippen LogP contribution in [0.4, 0.5) is 5.13 Å².